The van der Waals surface area contributed by atoms with Crippen LogP contribution in [-0.2, 0) is 6.54 Å². The summed E-state index contributed by atoms with van der Waals surface area (Å²) in [5.74, 6) is 1.74. The Bertz CT molecular complexity index is 1070. The maximum absolute atomic E-state index is 5.53. The summed E-state index contributed by atoms with van der Waals surface area (Å²) in [6.45, 7) is 6.62. The lowest BCUT2D eigenvalue weighted by molar-refractivity contribution is 0.384. The average Bonchev–Trinajstić information content (AvgIpc) is 3.21. The maximum Gasteiger partial charge on any atom is 0.160 e. The third-order valence-electron chi connectivity index (χ3n) is 4.49. The number of hydrogen-bond donors (Lipinski definition) is 0. The van der Waals surface area contributed by atoms with E-state index in [0.29, 0.717) is 6.54 Å². The van der Waals surface area contributed by atoms with Crippen LogP contribution < -0.4 is 4.90 Å². The first-order valence-corrected chi connectivity index (χ1v) is 8.43. The van der Waals surface area contributed by atoms with E-state index in [1.165, 1.54) is 0 Å². The number of hydrogen-bond acceptors (Lipinski definition) is 6. The van der Waals surface area contributed by atoms with Crippen LogP contribution in [-0.4, -0.2) is 31.8 Å². The molecule has 7 heteroatoms. The molecule has 26 heavy (non-hydrogen) atoms. The molecule has 0 fully saturated rings. The van der Waals surface area contributed by atoms with E-state index < -0.39 is 0 Å². The van der Waals surface area contributed by atoms with Gasteiger partial charge in [0.1, 0.15) is 11.5 Å². The van der Waals surface area contributed by atoms with Gasteiger partial charge in [0, 0.05) is 48.4 Å². The smallest absolute Gasteiger partial charge is 0.160 e. The molecule has 0 aliphatic heterocycles. The van der Waals surface area contributed by atoms with E-state index >= 15 is 0 Å². The number of nitrogens with zero attached hydrogens (tertiary/aromatic N) is 6. The number of rotatable bonds is 4. The zero-order chi connectivity index (χ0) is 18.3. The highest BCUT2D eigenvalue weighted by Gasteiger charge is 2.16. The Labute approximate surface area is 151 Å². The predicted octanol–water partition coefficient (Wildman–Crippen LogP) is 3.34. The van der Waals surface area contributed by atoms with Crippen molar-refractivity contribution < 1.29 is 4.52 Å². The normalized spacial score (nSPS) is 11.2. The van der Waals surface area contributed by atoms with Crippen LogP contribution in [0.5, 0.6) is 0 Å². The number of aromatic nitrogens is 5. The van der Waals surface area contributed by atoms with Crippen molar-refractivity contribution in [3.63, 3.8) is 0 Å². The maximum atomic E-state index is 5.53. The summed E-state index contributed by atoms with van der Waals surface area (Å²) >= 11 is 0. The molecule has 0 amide bonds. The van der Waals surface area contributed by atoms with Gasteiger partial charge in [-0.3, -0.25) is 4.98 Å². The molecular weight excluding hydrogens is 328 g/mol. The number of fused-ring (bicyclic) bond motifs is 1. The topological polar surface area (TPSA) is 72.4 Å². The number of anilines is 1. The lowest BCUT2D eigenvalue weighted by atomic mass is 10.2. The number of pyridine rings is 1. The first-order chi connectivity index (χ1) is 12.5. The van der Waals surface area contributed by atoms with Crippen LogP contribution in [0.15, 0.2) is 41.2 Å². The summed E-state index contributed by atoms with van der Waals surface area (Å²) < 4.78 is 7.41. The van der Waals surface area contributed by atoms with Crippen LogP contribution in [0.4, 0.5) is 5.82 Å². The van der Waals surface area contributed by atoms with E-state index in [9.17, 15) is 0 Å². The molecular formula is C19H20N6O. The summed E-state index contributed by atoms with van der Waals surface area (Å²) in [5.41, 5.74) is 5.72. The molecule has 0 radical (unpaired) electrons. The Balaban J connectivity index is 1.65. The van der Waals surface area contributed by atoms with Gasteiger partial charge < -0.3 is 9.42 Å². The molecule has 0 saturated heterocycles. The molecule has 4 aromatic heterocycles. The molecule has 4 aromatic rings. The molecule has 0 aromatic carbocycles. The Morgan fingerprint density at radius 3 is 2.65 bits per heavy atom. The van der Waals surface area contributed by atoms with Gasteiger partial charge in [0.2, 0.25) is 0 Å². The van der Waals surface area contributed by atoms with Crippen molar-refractivity contribution in [2.75, 3.05) is 11.9 Å². The summed E-state index contributed by atoms with van der Waals surface area (Å²) in [6.07, 6.45) is 3.49. The van der Waals surface area contributed by atoms with Crippen LogP contribution in [0, 0.1) is 20.8 Å². The fourth-order valence-electron chi connectivity index (χ4n) is 2.96. The monoisotopic (exact) mass is 348 g/mol. The lowest BCUT2D eigenvalue weighted by Crippen LogP contribution is -2.20. The van der Waals surface area contributed by atoms with Crippen LogP contribution >= 0.6 is 0 Å². The van der Waals surface area contributed by atoms with Crippen LogP contribution in [0.25, 0.3) is 16.9 Å². The Kier molecular flexibility index (Phi) is 3.91. The van der Waals surface area contributed by atoms with Crippen molar-refractivity contribution >= 4 is 11.5 Å². The third kappa shape index (κ3) is 2.81. The molecule has 0 atom stereocenters. The van der Waals surface area contributed by atoms with Crippen molar-refractivity contribution in [2.24, 2.45) is 0 Å². The lowest BCUT2D eigenvalue weighted by Gasteiger charge is -2.18. The van der Waals surface area contributed by atoms with Crippen molar-refractivity contribution in [2.45, 2.75) is 27.3 Å². The van der Waals surface area contributed by atoms with Crippen LogP contribution in [0.2, 0.25) is 0 Å². The van der Waals surface area contributed by atoms with Gasteiger partial charge in [-0.05, 0) is 32.9 Å². The zero-order valence-electron chi connectivity index (χ0n) is 15.3. The minimum atomic E-state index is 0.578. The summed E-state index contributed by atoms with van der Waals surface area (Å²) in [5, 5.41) is 8.80. The second-order valence-electron chi connectivity index (χ2n) is 6.47. The van der Waals surface area contributed by atoms with Gasteiger partial charge in [-0.25, -0.2) is 4.98 Å². The van der Waals surface area contributed by atoms with Gasteiger partial charge in [0.25, 0.3) is 0 Å². The fourth-order valence-corrected chi connectivity index (χ4v) is 2.96. The minimum Gasteiger partial charge on any atom is -0.359 e. The first kappa shape index (κ1) is 16.3. The zero-order valence-corrected chi connectivity index (χ0v) is 15.3. The SMILES string of the molecule is Cc1cc(N(C)Cc2cc(-c3ccncc3)no2)n2nc(C)c(C)c2n1. The number of aryl methyl sites for hydroxylation is 3. The Hall–Kier alpha value is -3.22. The van der Waals surface area contributed by atoms with Gasteiger partial charge in [-0.1, -0.05) is 5.16 Å². The van der Waals surface area contributed by atoms with Crippen molar-refractivity contribution in [1.82, 2.24) is 24.7 Å². The van der Waals surface area contributed by atoms with E-state index in [-0.39, 0.29) is 0 Å². The van der Waals surface area contributed by atoms with E-state index in [2.05, 4.69) is 25.1 Å². The molecule has 7 nitrogen and oxygen atoms in total. The molecule has 0 aliphatic rings. The average molecular weight is 348 g/mol. The highest BCUT2D eigenvalue weighted by Crippen LogP contribution is 2.23. The molecule has 0 N–H and O–H groups in total. The van der Waals surface area contributed by atoms with E-state index in [1.54, 1.807) is 12.4 Å². The van der Waals surface area contributed by atoms with Gasteiger partial charge in [0.15, 0.2) is 11.4 Å². The highest BCUT2D eigenvalue weighted by atomic mass is 16.5. The molecule has 0 spiro atoms. The minimum absolute atomic E-state index is 0.578. The second kappa shape index (κ2) is 6.25. The molecule has 4 rings (SSSR count). The molecule has 0 bridgehead atoms. The van der Waals surface area contributed by atoms with Crippen molar-refractivity contribution in [3.8, 4) is 11.3 Å². The van der Waals surface area contributed by atoms with Gasteiger partial charge >= 0.3 is 0 Å². The largest absolute Gasteiger partial charge is 0.359 e. The summed E-state index contributed by atoms with van der Waals surface area (Å²) in [6, 6.07) is 7.81. The fraction of sp³-hybridized carbons (Fsp3) is 0.263. The van der Waals surface area contributed by atoms with Gasteiger partial charge in [-0.15, -0.1) is 0 Å². The summed E-state index contributed by atoms with van der Waals surface area (Å²) in [7, 11) is 2.01. The van der Waals surface area contributed by atoms with Crippen molar-refractivity contribution in [1.29, 1.82) is 0 Å². The predicted molar refractivity (Wildman–Crippen MR) is 99.0 cm³/mol. The third-order valence-corrected chi connectivity index (χ3v) is 4.49. The molecule has 0 aliphatic carbocycles. The first-order valence-electron chi connectivity index (χ1n) is 8.43. The van der Waals surface area contributed by atoms with Crippen molar-refractivity contribution in [3.05, 3.63) is 59.4 Å². The molecule has 0 unspecified atom stereocenters. The highest BCUT2D eigenvalue weighted by molar-refractivity contribution is 5.59. The Morgan fingerprint density at radius 2 is 1.88 bits per heavy atom. The summed E-state index contributed by atoms with van der Waals surface area (Å²) in [4.78, 5) is 10.7. The molecule has 4 heterocycles. The molecule has 0 saturated carbocycles. The van der Waals surface area contributed by atoms with Gasteiger partial charge in [-0.2, -0.15) is 9.61 Å². The Morgan fingerprint density at radius 1 is 1.12 bits per heavy atom. The van der Waals surface area contributed by atoms with E-state index in [0.717, 1.165) is 45.4 Å². The van der Waals surface area contributed by atoms with E-state index in [4.69, 9.17) is 4.52 Å². The standard InChI is InChI=1S/C19H20N6O/c1-12-9-18(25-19(21-12)13(2)14(3)22-25)24(4)11-16-10-17(23-26-16)15-5-7-20-8-6-15/h5-10H,11H2,1-4H3. The van der Waals surface area contributed by atoms with Gasteiger partial charge in [0.05, 0.1) is 12.2 Å². The van der Waals surface area contributed by atoms with Crippen LogP contribution in [0.1, 0.15) is 22.7 Å². The second-order valence-corrected chi connectivity index (χ2v) is 6.47. The molecule has 132 valence electrons. The quantitative estimate of drug-likeness (QED) is 0.563. The van der Waals surface area contributed by atoms with Crippen LogP contribution in [0.3, 0.4) is 0 Å². The van der Waals surface area contributed by atoms with E-state index in [1.807, 2.05) is 56.6 Å².